The zero-order valence-electron chi connectivity index (χ0n) is 7.63. The Balaban J connectivity index is 2.98. The molecule has 0 aliphatic rings. The number of nitrogens with zero attached hydrogens (tertiary/aromatic N) is 1. The summed E-state index contributed by atoms with van der Waals surface area (Å²) in [7, 11) is -9.67. The zero-order chi connectivity index (χ0) is 11.8. The van der Waals surface area contributed by atoms with Crippen molar-refractivity contribution in [2.45, 2.75) is 6.92 Å². The summed E-state index contributed by atoms with van der Waals surface area (Å²) in [5, 5.41) is 0. The first-order valence-corrected chi connectivity index (χ1v) is 5.73. The standard InChI is InChI=1S/C8H8F5NS/c1-7-2-4-8(5-3-7)6-14-15(9,10,11,12)13/h2-6H,1H3/b14-6+. The van der Waals surface area contributed by atoms with Crippen LogP contribution in [0.25, 0.3) is 0 Å². The van der Waals surface area contributed by atoms with Crippen molar-refractivity contribution in [3.63, 3.8) is 0 Å². The fourth-order valence-electron chi connectivity index (χ4n) is 0.813. The Morgan fingerprint density at radius 1 is 1.00 bits per heavy atom. The second kappa shape index (κ2) is 2.72. The van der Waals surface area contributed by atoms with Gasteiger partial charge in [0.2, 0.25) is 0 Å². The Morgan fingerprint density at radius 2 is 1.47 bits per heavy atom. The fourth-order valence-corrected chi connectivity index (χ4v) is 1.13. The molecule has 0 atom stereocenters. The maximum atomic E-state index is 11.8. The lowest BCUT2D eigenvalue weighted by Gasteiger charge is -2.34. The van der Waals surface area contributed by atoms with Gasteiger partial charge in [0, 0.05) is 0 Å². The van der Waals surface area contributed by atoms with E-state index in [1.54, 1.807) is 6.92 Å². The van der Waals surface area contributed by atoms with Crippen LogP contribution in [-0.2, 0) is 0 Å². The molecule has 0 bridgehead atoms. The Hall–Kier alpha value is -1.11. The van der Waals surface area contributed by atoms with Gasteiger partial charge in [-0.15, -0.1) is 4.40 Å². The quantitative estimate of drug-likeness (QED) is 0.532. The third-order valence-electron chi connectivity index (χ3n) is 1.48. The lowest BCUT2D eigenvalue weighted by Crippen LogP contribution is -2.00. The number of hydrogen-bond acceptors (Lipinski definition) is 1. The molecule has 0 saturated carbocycles. The second-order valence-corrected chi connectivity index (χ2v) is 5.14. The van der Waals surface area contributed by atoms with Crippen LogP contribution < -0.4 is 0 Å². The summed E-state index contributed by atoms with van der Waals surface area (Å²) < 4.78 is 60.4. The maximum absolute atomic E-state index is 11.8. The molecule has 1 rings (SSSR count). The molecule has 0 heterocycles. The van der Waals surface area contributed by atoms with E-state index >= 15 is 0 Å². The summed E-state index contributed by atoms with van der Waals surface area (Å²) >= 11 is 0. The highest BCUT2D eigenvalue weighted by atomic mass is 32.5. The van der Waals surface area contributed by atoms with E-state index in [1.807, 2.05) is 0 Å². The molecule has 15 heavy (non-hydrogen) atoms. The van der Waals surface area contributed by atoms with Crippen LogP contribution in [0.15, 0.2) is 28.7 Å². The van der Waals surface area contributed by atoms with Crippen LogP contribution in [0.5, 0.6) is 0 Å². The molecule has 1 aromatic rings. The predicted octanol–water partition coefficient (Wildman–Crippen LogP) is 4.63. The average molecular weight is 245 g/mol. The normalized spacial score (nSPS) is 17.5. The number of benzene rings is 1. The van der Waals surface area contributed by atoms with E-state index in [2.05, 4.69) is 0 Å². The molecule has 0 aliphatic carbocycles. The Morgan fingerprint density at radius 3 is 1.87 bits per heavy atom. The minimum Gasteiger partial charge on any atom is -0.136 e. The Bertz CT molecular complexity index is 390. The van der Waals surface area contributed by atoms with Crippen molar-refractivity contribution in [1.29, 1.82) is 0 Å². The van der Waals surface area contributed by atoms with E-state index in [-0.39, 0.29) is 11.8 Å². The minimum absolute atomic E-state index is 0.0196. The van der Waals surface area contributed by atoms with Crippen molar-refractivity contribution in [1.82, 2.24) is 0 Å². The Kier molecular flexibility index (Phi) is 2.17. The molecular formula is C8H8F5NS. The highest BCUT2D eigenvalue weighted by Crippen LogP contribution is 2.98. The molecule has 1 nitrogen and oxygen atoms in total. The van der Waals surface area contributed by atoms with Gasteiger partial charge in [-0.3, -0.25) is 0 Å². The van der Waals surface area contributed by atoms with Gasteiger partial charge in [-0.1, -0.05) is 49.3 Å². The summed E-state index contributed by atoms with van der Waals surface area (Å²) in [4.78, 5) is 0. The first-order valence-electron chi connectivity index (χ1n) is 3.82. The summed E-state index contributed by atoms with van der Waals surface area (Å²) in [6.07, 6.45) is 0.126. The lowest BCUT2D eigenvalue weighted by molar-refractivity contribution is 0.367. The second-order valence-electron chi connectivity index (χ2n) is 3.07. The first-order chi connectivity index (χ1) is 6.45. The molecule has 1 aromatic carbocycles. The molecule has 7 heteroatoms. The summed E-state index contributed by atoms with van der Waals surface area (Å²) in [5.41, 5.74) is 0.799. The molecule has 0 saturated heterocycles. The van der Waals surface area contributed by atoms with Gasteiger partial charge >= 0.3 is 10.4 Å². The highest BCUT2D eigenvalue weighted by molar-refractivity contribution is 8.44. The van der Waals surface area contributed by atoms with Crippen LogP contribution >= 0.6 is 10.4 Å². The summed E-state index contributed by atoms with van der Waals surface area (Å²) in [6, 6.07) is 5.57. The van der Waals surface area contributed by atoms with Crippen LogP contribution in [0.1, 0.15) is 11.1 Å². The molecule has 0 N–H and O–H groups in total. The number of hydrogen-bond donors (Lipinski definition) is 0. The van der Waals surface area contributed by atoms with Gasteiger partial charge < -0.3 is 0 Å². The number of halogens is 5. The molecule has 0 fully saturated rings. The SMILES string of the molecule is Cc1ccc(/C=N/S(F)(F)(F)(F)F)cc1. The maximum Gasteiger partial charge on any atom is 0.381 e. The molecule has 0 radical (unpaired) electrons. The number of rotatable bonds is 2. The molecule has 0 aromatic heterocycles. The van der Waals surface area contributed by atoms with Gasteiger partial charge in [0.25, 0.3) is 0 Å². The zero-order valence-corrected chi connectivity index (χ0v) is 8.45. The van der Waals surface area contributed by atoms with Gasteiger partial charge in [-0.2, -0.15) is 0 Å². The lowest BCUT2D eigenvalue weighted by atomic mass is 10.2. The summed E-state index contributed by atoms with van der Waals surface area (Å²) in [5.74, 6) is 0. The average Bonchev–Trinajstić information content (AvgIpc) is 2.00. The van der Waals surface area contributed by atoms with Crippen molar-refractivity contribution in [2.24, 2.45) is 4.40 Å². The van der Waals surface area contributed by atoms with Crippen LogP contribution in [0.2, 0.25) is 0 Å². The molecule has 0 aliphatic heterocycles. The fraction of sp³-hybridized carbons (Fsp3) is 0.125. The van der Waals surface area contributed by atoms with Gasteiger partial charge in [0.1, 0.15) is 0 Å². The molecule has 0 unspecified atom stereocenters. The van der Waals surface area contributed by atoms with E-state index < -0.39 is 10.4 Å². The Labute approximate surface area is 83.5 Å². The van der Waals surface area contributed by atoms with E-state index in [0.717, 1.165) is 5.56 Å². The molecule has 0 spiro atoms. The predicted molar refractivity (Wildman–Crippen MR) is 51.9 cm³/mol. The minimum atomic E-state index is -9.67. The molecular weight excluding hydrogens is 237 g/mol. The monoisotopic (exact) mass is 245 g/mol. The van der Waals surface area contributed by atoms with Crippen molar-refractivity contribution in [2.75, 3.05) is 0 Å². The van der Waals surface area contributed by atoms with Crippen LogP contribution in [-0.4, -0.2) is 6.21 Å². The van der Waals surface area contributed by atoms with E-state index in [9.17, 15) is 19.4 Å². The molecule has 0 amide bonds. The van der Waals surface area contributed by atoms with E-state index in [1.165, 1.54) is 28.7 Å². The highest BCUT2D eigenvalue weighted by Gasteiger charge is 2.63. The van der Waals surface area contributed by atoms with Crippen LogP contribution in [0.3, 0.4) is 0 Å². The van der Waals surface area contributed by atoms with Crippen molar-refractivity contribution >= 4 is 16.6 Å². The van der Waals surface area contributed by atoms with Gasteiger partial charge in [0.05, 0.1) is 6.21 Å². The smallest absolute Gasteiger partial charge is 0.136 e. The van der Waals surface area contributed by atoms with Crippen molar-refractivity contribution < 1.29 is 19.4 Å². The van der Waals surface area contributed by atoms with Gasteiger partial charge in [-0.25, -0.2) is 0 Å². The number of aryl methyl sites for hydroxylation is 1. The van der Waals surface area contributed by atoms with Crippen LogP contribution in [0.4, 0.5) is 19.4 Å². The van der Waals surface area contributed by atoms with E-state index in [0.29, 0.717) is 0 Å². The first kappa shape index (κ1) is 12.0. The van der Waals surface area contributed by atoms with E-state index in [4.69, 9.17) is 0 Å². The molecule has 86 valence electrons. The van der Waals surface area contributed by atoms with Crippen molar-refractivity contribution in [3.05, 3.63) is 35.4 Å². The third kappa shape index (κ3) is 5.36. The summed E-state index contributed by atoms with van der Waals surface area (Å²) in [6.45, 7) is 1.73. The van der Waals surface area contributed by atoms with Crippen LogP contribution in [0, 0.1) is 6.92 Å². The van der Waals surface area contributed by atoms with Crippen molar-refractivity contribution in [3.8, 4) is 0 Å². The third-order valence-corrected chi connectivity index (χ3v) is 1.98. The van der Waals surface area contributed by atoms with Gasteiger partial charge in [0.15, 0.2) is 0 Å². The largest absolute Gasteiger partial charge is 0.381 e. The van der Waals surface area contributed by atoms with Gasteiger partial charge in [-0.05, 0) is 12.5 Å². The topological polar surface area (TPSA) is 12.4 Å².